The first-order valence-corrected chi connectivity index (χ1v) is 11.0. The second-order valence-corrected chi connectivity index (χ2v) is 9.76. The summed E-state index contributed by atoms with van der Waals surface area (Å²) in [6.07, 6.45) is 3.87. The van der Waals surface area contributed by atoms with Crippen LogP contribution in [0.2, 0.25) is 0 Å². The van der Waals surface area contributed by atoms with Gasteiger partial charge in [-0.25, -0.2) is 4.98 Å². The molecule has 0 saturated carbocycles. The van der Waals surface area contributed by atoms with E-state index in [-0.39, 0.29) is 11.3 Å². The summed E-state index contributed by atoms with van der Waals surface area (Å²) < 4.78 is 0.950. The third-order valence-corrected chi connectivity index (χ3v) is 6.47. The van der Waals surface area contributed by atoms with Crippen LogP contribution in [0.15, 0.2) is 34.0 Å². The van der Waals surface area contributed by atoms with Gasteiger partial charge >= 0.3 is 0 Å². The van der Waals surface area contributed by atoms with Crippen LogP contribution in [0.3, 0.4) is 0 Å². The van der Waals surface area contributed by atoms with Crippen LogP contribution in [0.1, 0.15) is 45.7 Å². The standard InChI is InChI=1S/C20H27N3OS2/c1-20(2,3)17-13-25-19(22-17)26-14-18(24)21-15-7-9-16(10-8-15)23-11-5-4-6-12-23/h7-10,13H,4-6,11-12,14H2,1-3H3,(H,21,24). The van der Waals surface area contributed by atoms with Gasteiger partial charge in [0.2, 0.25) is 5.91 Å². The molecule has 1 fully saturated rings. The number of hydrogen-bond acceptors (Lipinski definition) is 5. The van der Waals surface area contributed by atoms with Gasteiger partial charge in [0.25, 0.3) is 0 Å². The van der Waals surface area contributed by atoms with E-state index in [0.717, 1.165) is 28.8 Å². The number of benzene rings is 1. The summed E-state index contributed by atoms with van der Waals surface area (Å²) in [5.74, 6) is 0.388. The number of rotatable bonds is 5. The molecule has 1 aliphatic rings. The van der Waals surface area contributed by atoms with Gasteiger partial charge in [0.1, 0.15) is 0 Å². The highest BCUT2D eigenvalue weighted by Crippen LogP contribution is 2.29. The Morgan fingerprint density at radius 2 is 1.88 bits per heavy atom. The van der Waals surface area contributed by atoms with Crippen LogP contribution in [0.25, 0.3) is 0 Å². The van der Waals surface area contributed by atoms with Crippen LogP contribution in [-0.4, -0.2) is 29.7 Å². The van der Waals surface area contributed by atoms with E-state index in [0.29, 0.717) is 5.75 Å². The predicted octanol–water partition coefficient (Wildman–Crippen LogP) is 5.16. The number of nitrogens with one attached hydrogen (secondary N) is 1. The van der Waals surface area contributed by atoms with Crippen molar-refractivity contribution in [1.29, 1.82) is 0 Å². The highest BCUT2D eigenvalue weighted by molar-refractivity contribution is 8.01. The fourth-order valence-electron chi connectivity index (χ4n) is 2.90. The monoisotopic (exact) mass is 389 g/mol. The molecule has 1 saturated heterocycles. The molecule has 0 spiro atoms. The second kappa shape index (κ2) is 8.44. The number of carbonyl (C=O) groups excluding carboxylic acids is 1. The molecule has 6 heteroatoms. The van der Waals surface area contributed by atoms with E-state index < -0.39 is 0 Å². The number of amides is 1. The maximum atomic E-state index is 12.2. The minimum Gasteiger partial charge on any atom is -0.372 e. The Balaban J connectivity index is 1.49. The van der Waals surface area contributed by atoms with E-state index in [9.17, 15) is 4.79 Å². The molecule has 0 unspecified atom stereocenters. The molecule has 1 amide bonds. The van der Waals surface area contributed by atoms with Crippen LogP contribution >= 0.6 is 23.1 Å². The van der Waals surface area contributed by atoms with Gasteiger partial charge in [0.05, 0.1) is 11.4 Å². The Morgan fingerprint density at radius 1 is 1.19 bits per heavy atom. The normalized spacial score (nSPS) is 15.1. The van der Waals surface area contributed by atoms with Crippen LogP contribution in [0, 0.1) is 0 Å². The zero-order valence-corrected chi connectivity index (χ0v) is 17.4. The Hall–Kier alpha value is -1.53. The molecule has 1 aromatic heterocycles. The summed E-state index contributed by atoms with van der Waals surface area (Å²) in [6.45, 7) is 8.71. The molecule has 0 bridgehead atoms. The van der Waals surface area contributed by atoms with Gasteiger partial charge < -0.3 is 10.2 Å². The molecule has 0 aliphatic carbocycles. The SMILES string of the molecule is CC(C)(C)c1csc(SCC(=O)Nc2ccc(N3CCCCC3)cc2)n1. The Bertz CT molecular complexity index is 728. The van der Waals surface area contributed by atoms with Crippen LogP contribution in [0.4, 0.5) is 11.4 Å². The zero-order valence-electron chi connectivity index (χ0n) is 15.7. The third kappa shape index (κ3) is 5.24. The first-order chi connectivity index (χ1) is 12.4. The molecular formula is C20H27N3OS2. The van der Waals surface area contributed by atoms with Crippen molar-refractivity contribution in [3.8, 4) is 0 Å². The van der Waals surface area contributed by atoms with Crippen molar-refractivity contribution in [3.05, 3.63) is 35.3 Å². The maximum Gasteiger partial charge on any atom is 0.234 e. The van der Waals surface area contributed by atoms with Crippen molar-refractivity contribution >= 4 is 40.4 Å². The first-order valence-electron chi connectivity index (χ1n) is 9.15. The average Bonchev–Trinajstić information content (AvgIpc) is 3.11. The maximum absolute atomic E-state index is 12.2. The van der Waals surface area contributed by atoms with Gasteiger partial charge in [0.15, 0.2) is 4.34 Å². The number of anilines is 2. The van der Waals surface area contributed by atoms with Crippen molar-refractivity contribution in [1.82, 2.24) is 4.98 Å². The van der Waals surface area contributed by atoms with E-state index >= 15 is 0 Å². The average molecular weight is 390 g/mol. The Morgan fingerprint density at radius 3 is 2.50 bits per heavy atom. The first kappa shape index (κ1) is 19.2. The molecule has 1 aliphatic heterocycles. The van der Waals surface area contributed by atoms with E-state index in [1.54, 1.807) is 11.3 Å². The number of nitrogens with zero attached hydrogens (tertiary/aromatic N) is 2. The lowest BCUT2D eigenvalue weighted by atomic mass is 9.93. The summed E-state index contributed by atoms with van der Waals surface area (Å²) in [4.78, 5) is 19.2. The molecule has 1 aromatic carbocycles. The van der Waals surface area contributed by atoms with Crippen molar-refractivity contribution in [2.75, 3.05) is 29.1 Å². The highest BCUT2D eigenvalue weighted by Gasteiger charge is 2.18. The molecule has 1 N–H and O–H groups in total. The molecule has 2 aromatic rings. The van der Waals surface area contributed by atoms with Crippen LogP contribution in [-0.2, 0) is 10.2 Å². The zero-order chi connectivity index (χ0) is 18.6. The summed E-state index contributed by atoms with van der Waals surface area (Å²) in [6, 6.07) is 8.19. The van der Waals surface area contributed by atoms with Crippen LogP contribution < -0.4 is 10.2 Å². The number of carbonyl (C=O) groups is 1. The fraction of sp³-hybridized carbons (Fsp3) is 0.500. The van der Waals surface area contributed by atoms with Crippen molar-refractivity contribution in [3.63, 3.8) is 0 Å². The van der Waals surface area contributed by atoms with Gasteiger partial charge in [-0.05, 0) is 43.5 Å². The minimum absolute atomic E-state index is 0.00762. The molecule has 2 heterocycles. The Kier molecular flexibility index (Phi) is 6.24. The number of hydrogen-bond donors (Lipinski definition) is 1. The molecule has 140 valence electrons. The molecule has 0 atom stereocenters. The molecule has 26 heavy (non-hydrogen) atoms. The van der Waals surface area contributed by atoms with Gasteiger partial charge in [0, 0.05) is 35.3 Å². The highest BCUT2D eigenvalue weighted by atomic mass is 32.2. The molecular weight excluding hydrogens is 362 g/mol. The van der Waals surface area contributed by atoms with E-state index in [1.807, 2.05) is 12.1 Å². The smallest absolute Gasteiger partial charge is 0.234 e. The number of thiazole rings is 1. The molecule has 0 radical (unpaired) electrons. The lowest BCUT2D eigenvalue weighted by Gasteiger charge is -2.28. The summed E-state index contributed by atoms with van der Waals surface area (Å²) in [7, 11) is 0. The van der Waals surface area contributed by atoms with Crippen molar-refractivity contribution in [2.24, 2.45) is 0 Å². The summed E-state index contributed by atoms with van der Waals surface area (Å²) >= 11 is 3.11. The largest absolute Gasteiger partial charge is 0.372 e. The Labute approximate surface area is 164 Å². The number of piperidine rings is 1. The number of thioether (sulfide) groups is 1. The molecule has 4 nitrogen and oxygen atoms in total. The van der Waals surface area contributed by atoms with E-state index in [4.69, 9.17) is 0 Å². The van der Waals surface area contributed by atoms with Crippen molar-refractivity contribution in [2.45, 2.75) is 49.8 Å². The lowest BCUT2D eigenvalue weighted by molar-refractivity contribution is -0.113. The van der Waals surface area contributed by atoms with Crippen LogP contribution in [0.5, 0.6) is 0 Å². The second-order valence-electron chi connectivity index (χ2n) is 7.68. The van der Waals surface area contributed by atoms with E-state index in [1.165, 1.54) is 36.7 Å². The third-order valence-electron chi connectivity index (χ3n) is 4.45. The van der Waals surface area contributed by atoms with E-state index in [2.05, 4.69) is 53.5 Å². The minimum atomic E-state index is 0.00762. The quantitative estimate of drug-likeness (QED) is 0.717. The van der Waals surface area contributed by atoms with Gasteiger partial charge in [-0.3, -0.25) is 4.79 Å². The summed E-state index contributed by atoms with van der Waals surface area (Å²) in [5.41, 5.74) is 3.23. The van der Waals surface area contributed by atoms with Crippen molar-refractivity contribution < 1.29 is 4.79 Å². The lowest BCUT2D eigenvalue weighted by Crippen LogP contribution is -2.29. The van der Waals surface area contributed by atoms with Gasteiger partial charge in [-0.1, -0.05) is 32.5 Å². The predicted molar refractivity (Wildman–Crippen MR) is 113 cm³/mol. The summed E-state index contributed by atoms with van der Waals surface area (Å²) in [5, 5.41) is 5.06. The number of aromatic nitrogens is 1. The van der Waals surface area contributed by atoms with Gasteiger partial charge in [-0.15, -0.1) is 11.3 Å². The fourth-order valence-corrected chi connectivity index (χ4v) is 4.75. The molecule has 3 rings (SSSR count). The van der Waals surface area contributed by atoms with Gasteiger partial charge in [-0.2, -0.15) is 0 Å². The topological polar surface area (TPSA) is 45.2 Å².